The normalized spacial score (nSPS) is 13.8. The van der Waals surface area contributed by atoms with E-state index in [4.69, 9.17) is 5.73 Å². The maximum Gasteiger partial charge on any atom is 0.324 e. The van der Waals surface area contributed by atoms with Gasteiger partial charge in [-0.25, -0.2) is 9.59 Å². The summed E-state index contributed by atoms with van der Waals surface area (Å²) in [6.45, 7) is 9.51. The summed E-state index contributed by atoms with van der Waals surface area (Å²) in [5, 5.41) is 2.52. The molecule has 3 N–H and O–H groups in total. The zero-order valence-corrected chi connectivity index (χ0v) is 33.5. The quantitative estimate of drug-likeness (QED) is 0.150. The van der Waals surface area contributed by atoms with Crippen molar-refractivity contribution in [2.75, 3.05) is 49.1 Å². The van der Waals surface area contributed by atoms with Crippen molar-refractivity contribution in [3.8, 4) is 0 Å². The van der Waals surface area contributed by atoms with E-state index in [0.29, 0.717) is 24.2 Å². The predicted octanol–water partition coefficient (Wildman–Crippen LogP) is 7.68. The Labute approximate surface area is 336 Å². The lowest BCUT2D eigenvalue weighted by atomic mass is 10.1. The fourth-order valence-electron chi connectivity index (χ4n) is 7.02. The van der Waals surface area contributed by atoms with Crippen molar-refractivity contribution in [3.63, 3.8) is 0 Å². The van der Waals surface area contributed by atoms with Crippen LogP contribution in [0.5, 0.6) is 0 Å². The summed E-state index contributed by atoms with van der Waals surface area (Å²) >= 11 is 0. The Balaban J connectivity index is 0.000000219. The molecule has 2 aliphatic rings. The second-order valence-electron chi connectivity index (χ2n) is 14.9. The average Bonchev–Trinajstić information content (AvgIpc) is 3.24. The highest BCUT2D eigenvalue weighted by molar-refractivity contribution is 5.99. The van der Waals surface area contributed by atoms with Gasteiger partial charge in [-0.1, -0.05) is 72.8 Å². The Bertz CT molecular complexity index is 1990. The smallest absolute Gasteiger partial charge is 0.324 e. The van der Waals surface area contributed by atoms with E-state index in [0.717, 1.165) is 85.5 Å². The molecule has 0 atom stereocenters. The minimum absolute atomic E-state index is 0.00219. The number of carbonyl (C=O) groups is 5. The van der Waals surface area contributed by atoms with Crippen LogP contribution in [-0.2, 0) is 17.9 Å². The number of Topliss-reactive ketones (excluding diaryl/α,β-unsaturated/α-hetero) is 2. The van der Waals surface area contributed by atoms with E-state index in [2.05, 4.69) is 5.32 Å². The minimum Gasteiger partial charge on any atom is -0.349 e. The van der Waals surface area contributed by atoms with E-state index < -0.39 is 0 Å². The number of nitrogens with one attached hydrogen (secondary N) is 1. The number of aryl methyl sites for hydroxylation is 2. The van der Waals surface area contributed by atoms with Gasteiger partial charge in [0.25, 0.3) is 0 Å². The van der Waals surface area contributed by atoms with Crippen molar-refractivity contribution in [2.24, 2.45) is 5.73 Å². The summed E-state index contributed by atoms with van der Waals surface area (Å²) < 4.78 is 0. The molecule has 6 rings (SSSR count). The maximum absolute atomic E-state index is 13.3. The number of likely N-dealkylation sites (tertiary alicyclic amines) is 2. The lowest BCUT2D eigenvalue weighted by Gasteiger charge is -2.33. The van der Waals surface area contributed by atoms with Crippen LogP contribution in [0.2, 0.25) is 0 Å². The number of urea groups is 2. The molecule has 11 heteroatoms. The summed E-state index contributed by atoms with van der Waals surface area (Å²) in [6, 6.07) is 30.6. The van der Waals surface area contributed by atoms with Crippen molar-refractivity contribution in [1.29, 1.82) is 0 Å². The molecule has 0 saturated carbocycles. The number of benzene rings is 4. The number of anilines is 2. The van der Waals surface area contributed by atoms with E-state index in [1.165, 1.54) is 19.8 Å². The van der Waals surface area contributed by atoms with Gasteiger partial charge in [-0.3, -0.25) is 24.2 Å². The average molecular weight is 773 g/mol. The number of hydrogen-bond acceptors (Lipinski definition) is 6. The molecule has 5 amide bonds. The van der Waals surface area contributed by atoms with Crippen molar-refractivity contribution in [1.82, 2.24) is 15.1 Å². The molecule has 4 aromatic carbocycles. The van der Waals surface area contributed by atoms with Gasteiger partial charge in [0.05, 0.1) is 26.2 Å². The Hall–Kier alpha value is -5.81. The monoisotopic (exact) mass is 772 g/mol. The van der Waals surface area contributed by atoms with Crippen LogP contribution in [0.3, 0.4) is 0 Å². The van der Waals surface area contributed by atoms with E-state index in [-0.39, 0.29) is 42.6 Å². The summed E-state index contributed by atoms with van der Waals surface area (Å²) in [5.74, 6) is -0.455. The molecule has 0 aromatic heterocycles. The van der Waals surface area contributed by atoms with Crippen molar-refractivity contribution < 1.29 is 24.0 Å². The Morgan fingerprint density at radius 3 is 1.35 bits per heavy atom. The SMILES string of the molecule is CC(=O)NCC(=O)c1ccc(CN(C(=O)N2CCCCC2)c2cccc(C)c2)cc1.Cc1cccc(N(Cc2ccc(C(=O)CN)cc2)C(=O)N2CCCCC2)c1. The Morgan fingerprint density at radius 2 is 0.982 bits per heavy atom. The zero-order chi connectivity index (χ0) is 40.7. The van der Waals surface area contributed by atoms with Crippen LogP contribution in [0.15, 0.2) is 97.1 Å². The van der Waals surface area contributed by atoms with Gasteiger partial charge < -0.3 is 20.9 Å². The molecular weight excluding hydrogens is 717 g/mol. The minimum atomic E-state index is -0.231. The highest BCUT2D eigenvalue weighted by atomic mass is 16.2. The standard InChI is InChI=1S/C24H29N3O3.C22H27N3O2/c1-18-7-6-8-22(15-18)27(24(30)26-13-4-3-5-14-26)17-20-9-11-21(12-10-20)23(29)16-25-19(2)28;1-17-6-5-7-20(14-17)25(22(27)24-12-3-2-4-13-24)16-18-8-10-19(11-9-18)21(26)15-23/h6-12,15H,3-5,13-14,16-17H2,1-2H3,(H,25,28);5-11,14H,2-4,12-13,15-16,23H2,1H3. The lowest BCUT2D eigenvalue weighted by molar-refractivity contribution is -0.118. The third kappa shape index (κ3) is 12.3. The van der Waals surface area contributed by atoms with Gasteiger partial charge in [-0.15, -0.1) is 0 Å². The highest BCUT2D eigenvalue weighted by Crippen LogP contribution is 2.24. The molecule has 0 radical (unpaired) electrons. The number of amides is 5. The van der Waals surface area contributed by atoms with Gasteiger partial charge in [-0.2, -0.15) is 0 Å². The van der Waals surface area contributed by atoms with Gasteiger partial charge in [-0.05, 0) is 98.9 Å². The van der Waals surface area contributed by atoms with Crippen LogP contribution in [0.1, 0.15) is 88.4 Å². The molecule has 0 bridgehead atoms. The van der Waals surface area contributed by atoms with Gasteiger partial charge in [0.2, 0.25) is 5.91 Å². The van der Waals surface area contributed by atoms with Crippen LogP contribution in [0, 0.1) is 13.8 Å². The number of hydrogen-bond donors (Lipinski definition) is 2. The van der Waals surface area contributed by atoms with Crippen molar-refractivity contribution >= 4 is 40.9 Å². The molecule has 300 valence electrons. The number of piperidine rings is 2. The largest absolute Gasteiger partial charge is 0.349 e. The first-order chi connectivity index (χ1) is 27.5. The van der Waals surface area contributed by atoms with Crippen LogP contribution in [-0.4, -0.2) is 78.6 Å². The molecule has 2 aliphatic heterocycles. The first kappa shape index (κ1) is 42.3. The molecular formula is C46H56N6O5. The van der Waals surface area contributed by atoms with Crippen LogP contribution in [0.25, 0.3) is 0 Å². The topological polar surface area (TPSA) is 136 Å². The molecule has 4 aromatic rings. The zero-order valence-electron chi connectivity index (χ0n) is 33.5. The lowest BCUT2D eigenvalue weighted by Crippen LogP contribution is -2.45. The second-order valence-corrected chi connectivity index (χ2v) is 14.9. The molecule has 0 spiro atoms. The first-order valence-electron chi connectivity index (χ1n) is 20.0. The second kappa shape index (κ2) is 20.9. The predicted molar refractivity (Wildman–Crippen MR) is 226 cm³/mol. The third-order valence-corrected chi connectivity index (χ3v) is 10.3. The van der Waals surface area contributed by atoms with E-state index in [9.17, 15) is 24.0 Å². The molecule has 0 aliphatic carbocycles. The van der Waals surface area contributed by atoms with Gasteiger partial charge >= 0.3 is 12.1 Å². The van der Waals surface area contributed by atoms with E-state index in [1.54, 1.807) is 24.3 Å². The van der Waals surface area contributed by atoms with Crippen molar-refractivity contribution in [2.45, 2.75) is 72.4 Å². The molecule has 2 heterocycles. The Kier molecular flexibility index (Phi) is 15.5. The molecule has 2 saturated heterocycles. The molecule has 57 heavy (non-hydrogen) atoms. The summed E-state index contributed by atoms with van der Waals surface area (Å²) in [7, 11) is 0. The van der Waals surface area contributed by atoms with Crippen LogP contribution < -0.4 is 20.9 Å². The number of carbonyl (C=O) groups excluding carboxylic acids is 5. The fraction of sp³-hybridized carbons (Fsp3) is 0.370. The fourth-order valence-corrected chi connectivity index (χ4v) is 7.02. The maximum atomic E-state index is 13.3. The number of rotatable bonds is 11. The highest BCUT2D eigenvalue weighted by Gasteiger charge is 2.26. The van der Waals surface area contributed by atoms with Gasteiger partial charge in [0.15, 0.2) is 11.6 Å². The molecule has 2 fully saturated rings. The molecule has 11 nitrogen and oxygen atoms in total. The summed E-state index contributed by atoms with van der Waals surface area (Å²) in [4.78, 5) is 68.9. The summed E-state index contributed by atoms with van der Waals surface area (Å²) in [6.07, 6.45) is 6.55. The van der Waals surface area contributed by atoms with Crippen molar-refractivity contribution in [3.05, 3.63) is 130 Å². The number of nitrogens with zero attached hydrogens (tertiary/aromatic N) is 4. The Morgan fingerprint density at radius 1 is 0.579 bits per heavy atom. The van der Waals surface area contributed by atoms with Crippen LogP contribution >= 0.6 is 0 Å². The number of ketones is 2. The molecule has 0 unspecified atom stereocenters. The van der Waals surface area contributed by atoms with Crippen LogP contribution in [0.4, 0.5) is 21.0 Å². The van der Waals surface area contributed by atoms with E-state index >= 15 is 0 Å². The van der Waals surface area contributed by atoms with Gasteiger partial charge in [0.1, 0.15) is 0 Å². The summed E-state index contributed by atoms with van der Waals surface area (Å²) in [5.41, 5.74) is 12.5. The number of nitrogens with two attached hydrogens (primary N) is 1. The van der Waals surface area contributed by atoms with E-state index in [1.807, 2.05) is 106 Å². The first-order valence-corrected chi connectivity index (χ1v) is 20.0. The van der Waals surface area contributed by atoms with Gasteiger partial charge in [0, 0.05) is 55.6 Å². The third-order valence-electron chi connectivity index (χ3n) is 10.3.